The molecule has 6 heteroatoms. The van der Waals surface area contributed by atoms with E-state index >= 15 is 0 Å². The van der Waals surface area contributed by atoms with Crippen molar-refractivity contribution < 1.29 is 18.4 Å². The number of amides is 2. The predicted molar refractivity (Wildman–Crippen MR) is 176 cm³/mol. The summed E-state index contributed by atoms with van der Waals surface area (Å²) in [5.41, 5.74) is 0. The van der Waals surface area contributed by atoms with Gasteiger partial charge in [-0.2, -0.15) is 0 Å². The first-order valence-corrected chi connectivity index (χ1v) is 17.7. The van der Waals surface area contributed by atoms with Crippen molar-refractivity contribution in [1.82, 2.24) is 10.6 Å². The SMILES string of the molecule is CCCCCCCCCCCCC=C(F)C(=O)NC(CC)C(CC)NC(=O)C(F)=CCCCCCCCCCCCC. The highest BCUT2D eigenvalue weighted by atomic mass is 19.1. The number of carbonyl (C=O) groups excluding carboxylic acids is 2. The van der Waals surface area contributed by atoms with Crippen molar-refractivity contribution in [2.24, 2.45) is 0 Å². The minimum Gasteiger partial charge on any atom is -0.345 e. The second-order valence-corrected chi connectivity index (χ2v) is 12.0. The van der Waals surface area contributed by atoms with E-state index in [1.165, 1.54) is 102 Å². The van der Waals surface area contributed by atoms with Crippen LogP contribution in [0.1, 0.15) is 182 Å². The Balaban J connectivity index is 4.29. The van der Waals surface area contributed by atoms with E-state index in [9.17, 15) is 18.4 Å². The number of nitrogens with one attached hydrogen (secondary N) is 2. The molecule has 2 amide bonds. The predicted octanol–water partition coefficient (Wildman–Crippen LogP) is 11.1. The first kappa shape index (κ1) is 40.3. The van der Waals surface area contributed by atoms with Crippen LogP contribution in [0, 0.1) is 0 Å². The van der Waals surface area contributed by atoms with E-state index in [1.54, 1.807) is 0 Å². The van der Waals surface area contributed by atoms with Crippen LogP contribution >= 0.6 is 0 Å². The van der Waals surface area contributed by atoms with E-state index in [1.807, 2.05) is 13.8 Å². The maximum atomic E-state index is 14.5. The third kappa shape index (κ3) is 22.8. The normalized spacial score (nSPS) is 13.7. The molecule has 4 nitrogen and oxygen atoms in total. The fourth-order valence-corrected chi connectivity index (χ4v) is 5.36. The van der Waals surface area contributed by atoms with E-state index in [-0.39, 0.29) is 0 Å². The van der Waals surface area contributed by atoms with Gasteiger partial charge in [-0.25, -0.2) is 8.78 Å². The first-order chi connectivity index (χ1) is 20.4. The summed E-state index contributed by atoms with van der Waals surface area (Å²) in [6, 6.07) is -0.949. The van der Waals surface area contributed by atoms with Crippen molar-refractivity contribution in [2.75, 3.05) is 0 Å². The summed E-state index contributed by atoms with van der Waals surface area (Å²) in [4.78, 5) is 24.9. The van der Waals surface area contributed by atoms with Crippen LogP contribution in [0.15, 0.2) is 23.8 Å². The second-order valence-electron chi connectivity index (χ2n) is 12.0. The minimum atomic E-state index is -0.784. The largest absolute Gasteiger partial charge is 0.345 e. The molecule has 0 aliphatic carbocycles. The highest BCUT2D eigenvalue weighted by Crippen LogP contribution is 2.15. The second kappa shape index (κ2) is 29.4. The molecule has 2 N–H and O–H groups in total. The first-order valence-electron chi connectivity index (χ1n) is 17.7. The van der Waals surface area contributed by atoms with Gasteiger partial charge in [0, 0.05) is 12.1 Å². The smallest absolute Gasteiger partial charge is 0.279 e. The fourth-order valence-electron chi connectivity index (χ4n) is 5.36. The van der Waals surface area contributed by atoms with Crippen molar-refractivity contribution in [2.45, 2.75) is 194 Å². The van der Waals surface area contributed by atoms with Crippen LogP contribution in [0.3, 0.4) is 0 Å². The van der Waals surface area contributed by atoms with Gasteiger partial charge in [-0.3, -0.25) is 9.59 Å². The molecule has 2 unspecified atom stereocenters. The molecule has 42 heavy (non-hydrogen) atoms. The molecule has 0 aromatic rings. The Morgan fingerprint density at radius 3 is 1.00 bits per heavy atom. The maximum Gasteiger partial charge on any atom is 0.279 e. The van der Waals surface area contributed by atoms with E-state index in [0.717, 1.165) is 38.5 Å². The molecule has 0 aliphatic rings. The van der Waals surface area contributed by atoms with Crippen LogP contribution in [-0.2, 0) is 9.59 Å². The van der Waals surface area contributed by atoms with Gasteiger partial charge < -0.3 is 10.6 Å². The van der Waals surface area contributed by atoms with Crippen molar-refractivity contribution in [1.29, 1.82) is 0 Å². The van der Waals surface area contributed by atoms with Crippen molar-refractivity contribution in [3.05, 3.63) is 23.8 Å². The standard InChI is InChI=1S/C36H66F2N2O2/c1-5-9-11-13-15-17-19-21-23-25-27-29-31(37)35(41)39-33(7-3)34(8-4)40-36(42)32(38)30-28-26-24-22-20-18-16-14-12-10-6-2/h29-30,33-34H,5-28H2,1-4H3,(H,39,41)(H,40,42). The Labute approximate surface area is 258 Å². The third-order valence-corrected chi connectivity index (χ3v) is 8.19. The van der Waals surface area contributed by atoms with E-state index < -0.39 is 35.6 Å². The van der Waals surface area contributed by atoms with Crippen LogP contribution in [0.2, 0.25) is 0 Å². The number of halogens is 2. The van der Waals surface area contributed by atoms with E-state index in [4.69, 9.17) is 0 Å². The van der Waals surface area contributed by atoms with E-state index in [2.05, 4.69) is 24.5 Å². The molecule has 0 heterocycles. The minimum absolute atomic E-state index is 0.474. The molecule has 0 spiro atoms. The highest BCUT2D eigenvalue weighted by Gasteiger charge is 2.24. The molecule has 0 aliphatic heterocycles. The summed E-state index contributed by atoms with van der Waals surface area (Å²) < 4.78 is 28.9. The summed E-state index contributed by atoms with van der Waals surface area (Å²) in [7, 11) is 0. The molecule has 2 atom stereocenters. The zero-order chi connectivity index (χ0) is 31.3. The van der Waals surface area contributed by atoms with Gasteiger partial charge in [0.25, 0.3) is 11.8 Å². The lowest BCUT2D eigenvalue weighted by Gasteiger charge is -2.26. The number of rotatable bonds is 29. The number of unbranched alkanes of at least 4 members (excludes halogenated alkanes) is 20. The molecular weight excluding hydrogens is 530 g/mol. The summed E-state index contributed by atoms with van der Waals surface area (Å²) in [6.07, 6.45) is 29.0. The Kier molecular flexibility index (Phi) is 28.2. The van der Waals surface area contributed by atoms with Crippen LogP contribution in [0.25, 0.3) is 0 Å². The fraction of sp³-hybridized carbons (Fsp3) is 0.833. The van der Waals surface area contributed by atoms with Crippen LogP contribution in [-0.4, -0.2) is 23.9 Å². The molecule has 0 saturated carbocycles. The topological polar surface area (TPSA) is 58.2 Å². The molecule has 0 fully saturated rings. The summed E-state index contributed by atoms with van der Waals surface area (Å²) in [5.74, 6) is -3.10. The lowest BCUT2D eigenvalue weighted by molar-refractivity contribution is -0.122. The number of allylic oxidation sites excluding steroid dienone is 2. The van der Waals surface area contributed by atoms with Gasteiger partial charge in [0.2, 0.25) is 0 Å². The van der Waals surface area contributed by atoms with Gasteiger partial charge >= 0.3 is 0 Å². The molecule has 0 bridgehead atoms. The van der Waals surface area contributed by atoms with Gasteiger partial charge in [0.05, 0.1) is 0 Å². The Morgan fingerprint density at radius 2 is 0.738 bits per heavy atom. The number of hydrogen-bond acceptors (Lipinski definition) is 2. The van der Waals surface area contributed by atoms with Gasteiger partial charge in [0.15, 0.2) is 11.7 Å². The molecular formula is C36H66F2N2O2. The Morgan fingerprint density at radius 1 is 0.476 bits per heavy atom. The van der Waals surface area contributed by atoms with Crippen molar-refractivity contribution in [3.8, 4) is 0 Å². The molecule has 0 radical (unpaired) electrons. The van der Waals surface area contributed by atoms with Gasteiger partial charge in [0.1, 0.15) is 0 Å². The van der Waals surface area contributed by atoms with Crippen LogP contribution in [0.5, 0.6) is 0 Å². The zero-order valence-corrected chi connectivity index (χ0v) is 27.9. The molecule has 0 aromatic carbocycles. The summed E-state index contributed by atoms with van der Waals surface area (Å²) in [6.45, 7) is 8.18. The number of carbonyl (C=O) groups is 2. The number of hydrogen-bond donors (Lipinski definition) is 2. The quantitative estimate of drug-likeness (QED) is 0.0666. The van der Waals surface area contributed by atoms with Gasteiger partial charge in [-0.15, -0.1) is 0 Å². The Bertz CT molecular complexity index is 663. The summed E-state index contributed by atoms with van der Waals surface area (Å²) in [5, 5.41) is 5.41. The van der Waals surface area contributed by atoms with Crippen LogP contribution < -0.4 is 10.6 Å². The third-order valence-electron chi connectivity index (χ3n) is 8.19. The van der Waals surface area contributed by atoms with Gasteiger partial charge in [-0.05, 0) is 50.7 Å². The van der Waals surface area contributed by atoms with Crippen molar-refractivity contribution in [3.63, 3.8) is 0 Å². The lowest BCUT2D eigenvalue weighted by atomic mass is 10.0. The van der Waals surface area contributed by atoms with Gasteiger partial charge in [-0.1, -0.05) is 143 Å². The highest BCUT2D eigenvalue weighted by molar-refractivity contribution is 5.92. The lowest BCUT2D eigenvalue weighted by Crippen LogP contribution is -2.51. The summed E-state index contributed by atoms with van der Waals surface area (Å²) >= 11 is 0. The van der Waals surface area contributed by atoms with Crippen LogP contribution in [0.4, 0.5) is 8.78 Å². The Hall–Kier alpha value is -1.72. The average Bonchev–Trinajstić information content (AvgIpc) is 2.99. The average molecular weight is 597 g/mol. The molecule has 0 aromatic heterocycles. The molecule has 0 saturated heterocycles. The zero-order valence-electron chi connectivity index (χ0n) is 27.9. The molecule has 0 rings (SSSR count). The molecule has 246 valence electrons. The maximum absolute atomic E-state index is 14.5. The van der Waals surface area contributed by atoms with Crippen molar-refractivity contribution >= 4 is 11.8 Å². The van der Waals surface area contributed by atoms with E-state index in [0.29, 0.717) is 25.7 Å². The monoisotopic (exact) mass is 597 g/mol.